The van der Waals surface area contributed by atoms with Gasteiger partial charge >= 0.3 is 5.97 Å². The van der Waals surface area contributed by atoms with Gasteiger partial charge in [-0.25, -0.2) is 0 Å². The van der Waals surface area contributed by atoms with Crippen LogP contribution in [0.5, 0.6) is 11.5 Å². The molecule has 1 fully saturated rings. The molecule has 0 bridgehead atoms. The average molecular weight is 568 g/mol. The fourth-order valence-electron chi connectivity index (χ4n) is 4.90. The number of halogens is 1. The van der Waals surface area contributed by atoms with Gasteiger partial charge in [0.1, 0.15) is 18.1 Å². The smallest absolute Gasteiger partial charge is 0.315 e. The lowest BCUT2D eigenvalue weighted by Gasteiger charge is -2.26. The summed E-state index contributed by atoms with van der Waals surface area (Å²) in [5.74, 6) is 1.06. The van der Waals surface area contributed by atoms with Crippen LogP contribution in [0.25, 0.3) is 11.1 Å². The molecule has 1 aliphatic rings. The first-order valence-electron chi connectivity index (χ1n) is 13.9. The molecule has 0 saturated carbocycles. The van der Waals surface area contributed by atoms with E-state index in [1.165, 1.54) is 0 Å². The molecular formula is C35H34ClNO4. The Bertz CT molecular complexity index is 1440. The van der Waals surface area contributed by atoms with Crippen molar-refractivity contribution in [1.29, 1.82) is 0 Å². The van der Waals surface area contributed by atoms with Crippen molar-refractivity contribution in [2.24, 2.45) is 0 Å². The molecule has 0 unspecified atom stereocenters. The van der Waals surface area contributed by atoms with Crippen LogP contribution in [0, 0.1) is 0 Å². The highest BCUT2D eigenvalue weighted by atomic mass is 35.5. The van der Waals surface area contributed by atoms with E-state index in [9.17, 15) is 4.79 Å². The van der Waals surface area contributed by atoms with Gasteiger partial charge in [0.2, 0.25) is 0 Å². The first-order valence-corrected chi connectivity index (χ1v) is 14.3. The number of hydrogen-bond acceptors (Lipinski definition) is 5. The fraction of sp³-hybridized carbons (Fsp3) is 0.229. The summed E-state index contributed by atoms with van der Waals surface area (Å²) in [5.41, 5.74) is 6.26. The third-order valence-corrected chi connectivity index (χ3v) is 7.39. The molecule has 0 radical (unpaired) electrons. The minimum absolute atomic E-state index is 0.226. The Morgan fingerprint density at radius 3 is 2.00 bits per heavy atom. The van der Waals surface area contributed by atoms with Crippen LogP contribution in [0.1, 0.15) is 29.2 Å². The zero-order valence-corrected chi connectivity index (χ0v) is 24.0. The van der Waals surface area contributed by atoms with Gasteiger partial charge in [-0.2, -0.15) is 0 Å². The lowest BCUT2D eigenvalue weighted by atomic mass is 9.90. The molecule has 6 heteroatoms. The number of hydrogen-bond donors (Lipinski definition) is 0. The third kappa shape index (κ3) is 8.08. The maximum Gasteiger partial charge on any atom is 0.315 e. The van der Waals surface area contributed by atoms with Crippen LogP contribution in [0.2, 0.25) is 5.02 Å². The van der Waals surface area contributed by atoms with Crippen molar-refractivity contribution in [3.8, 4) is 11.5 Å². The number of morpholine rings is 1. The van der Waals surface area contributed by atoms with Crippen LogP contribution in [0.4, 0.5) is 0 Å². The molecule has 5 nitrogen and oxygen atoms in total. The number of ether oxygens (including phenoxy) is 3. The van der Waals surface area contributed by atoms with Crippen LogP contribution in [-0.2, 0) is 16.0 Å². The van der Waals surface area contributed by atoms with E-state index in [0.29, 0.717) is 17.4 Å². The van der Waals surface area contributed by atoms with Gasteiger partial charge in [-0.15, -0.1) is 0 Å². The van der Waals surface area contributed by atoms with Crippen LogP contribution < -0.4 is 9.47 Å². The molecular weight excluding hydrogens is 534 g/mol. The topological polar surface area (TPSA) is 48.0 Å². The van der Waals surface area contributed by atoms with E-state index in [0.717, 1.165) is 72.0 Å². The first-order chi connectivity index (χ1) is 20.0. The van der Waals surface area contributed by atoms with Crippen LogP contribution in [-0.4, -0.2) is 50.3 Å². The fourth-order valence-corrected chi connectivity index (χ4v) is 5.02. The second-order valence-corrected chi connectivity index (χ2v) is 10.4. The Labute approximate surface area is 246 Å². The highest BCUT2D eigenvalue weighted by molar-refractivity contribution is 6.30. The average Bonchev–Trinajstić information content (AvgIpc) is 3.00. The Hall–Kier alpha value is -3.90. The molecule has 41 heavy (non-hydrogen) atoms. The lowest BCUT2D eigenvalue weighted by Crippen LogP contribution is -2.38. The molecule has 0 aliphatic carbocycles. The van der Waals surface area contributed by atoms with Crippen molar-refractivity contribution in [2.75, 3.05) is 39.5 Å². The molecule has 5 rings (SSSR count). The highest BCUT2D eigenvalue weighted by Crippen LogP contribution is 2.34. The zero-order valence-electron chi connectivity index (χ0n) is 23.2. The summed E-state index contributed by atoms with van der Waals surface area (Å²) in [7, 11) is 0. The van der Waals surface area contributed by atoms with Crippen molar-refractivity contribution in [3.05, 3.63) is 130 Å². The lowest BCUT2D eigenvalue weighted by molar-refractivity contribution is -0.133. The summed E-state index contributed by atoms with van der Waals surface area (Å²) in [6.45, 7) is 7.10. The van der Waals surface area contributed by atoms with Crippen molar-refractivity contribution < 1.29 is 19.0 Å². The molecule has 0 aromatic heterocycles. The number of carbonyl (C=O) groups excluding carboxylic acids is 1. The summed E-state index contributed by atoms with van der Waals surface area (Å²) in [5, 5.41) is 0.698. The van der Waals surface area contributed by atoms with Gasteiger partial charge in [0.25, 0.3) is 0 Å². The van der Waals surface area contributed by atoms with Crippen molar-refractivity contribution >= 4 is 28.7 Å². The van der Waals surface area contributed by atoms with Crippen molar-refractivity contribution in [2.45, 2.75) is 13.3 Å². The quantitative estimate of drug-likeness (QED) is 0.115. The number of esters is 1. The molecule has 1 saturated heterocycles. The van der Waals surface area contributed by atoms with Gasteiger partial charge in [0, 0.05) is 24.7 Å². The SMILES string of the molecule is C/C(=C(\c1ccc(OCCN2CCOCC2)cc1)c1ccc(OC(=O)Cc2ccccc2)cc1)c1ccc(Cl)cc1. The second kappa shape index (κ2) is 14.1. The van der Waals surface area contributed by atoms with Crippen molar-refractivity contribution in [1.82, 2.24) is 4.90 Å². The van der Waals surface area contributed by atoms with E-state index in [1.54, 1.807) is 0 Å². The number of benzene rings is 4. The third-order valence-electron chi connectivity index (χ3n) is 7.14. The van der Waals surface area contributed by atoms with Gasteiger partial charge in [0.15, 0.2) is 0 Å². The summed E-state index contributed by atoms with van der Waals surface area (Å²) in [6, 6.07) is 33.3. The van der Waals surface area contributed by atoms with Gasteiger partial charge in [-0.1, -0.05) is 78.3 Å². The van der Waals surface area contributed by atoms with E-state index in [-0.39, 0.29) is 12.4 Å². The van der Waals surface area contributed by atoms with E-state index in [2.05, 4.69) is 24.0 Å². The zero-order chi connectivity index (χ0) is 28.4. The van der Waals surface area contributed by atoms with E-state index in [4.69, 9.17) is 25.8 Å². The standard InChI is InChI=1S/C35H34ClNO4/c1-26(28-7-13-31(36)14-8-28)35(29-9-15-32(16-10-29)40-24-21-37-19-22-39-23-20-37)30-11-17-33(18-12-30)41-34(38)25-27-5-3-2-4-6-27/h2-18H,19-25H2,1H3/b35-26-. The Morgan fingerprint density at radius 1 is 0.780 bits per heavy atom. The molecule has 210 valence electrons. The van der Waals surface area contributed by atoms with Crippen molar-refractivity contribution in [3.63, 3.8) is 0 Å². The number of rotatable bonds is 10. The summed E-state index contributed by atoms with van der Waals surface area (Å²) in [4.78, 5) is 14.8. The van der Waals surface area contributed by atoms with Crippen LogP contribution >= 0.6 is 11.6 Å². The maximum atomic E-state index is 12.5. The molecule has 0 N–H and O–H groups in total. The largest absolute Gasteiger partial charge is 0.492 e. The second-order valence-electron chi connectivity index (χ2n) is 9.99. The predicted molar refractivity (Wildman–Crippen MR) is 164 cm³/mol. The molecule has 4 aromatic carbocycles. The Balaban J connectivity index is 1.34. The first kappa shape index (κ1) is 28.6. The minimum Gasteiger partial charge on any atom is -0.492 e. The molecule has 0 atom stereocenters. The van der Waals surface area contributed by atoms with E-state index < -0.39 is 0 Å². The van der Waals surface area contributed by atoms with Gasteiger partial charge < -0.3 is 14.2 Å². The Kier molecular flexibility index (Phi) is 9.87. The number of carbonyl (C=O) groups is 1. The Morgan fingerprint density at radius 2 is 1.37 bits per heavy atom. The van der Waals surface area contributed by atoms with E-state index >= 15 is 0 Å². The summed E-state index contributed by atoms with van der Waals surface area (Å²) in [6.07, 6.45) is 0.226. The molecule has 1 aliphatic heterocycles. The molecule has 1 heterocycles. The maximum absolute atomic E-state index is 12.5. The summed E-state index contributed by atoms with van der Waals surface area (Å²) >= 11 is 6.17. The number of allylic oxidation sites excluding steroid dienone is 1. The number of nitrogens with zero attached hydrogens (tertiary/aromatic N) is 1. The van der Waals surface area contributed by atoms with E-state index in [1.807, 2.05) is 91.0 Å². The van der Waals surface area contributed by atoms with Crippen LogP contribution in [0.3, 0.4) is 0 Å². The minimum atomic E-state index is -0.290. The van der Waals surface area contributed by atoms with Crippen LogP contribution in [0.15, 0.2) is 103 Å². The monoisotopic (exact) mass is 567 g/mol. The molecule has 4 aromatic rings. The normalized spacial score (nSPS) is 14.3. The highest BCUT2D eigenvalue weighted by Gasteiger charge is 2.14. The van der Waals surface area contributed by atoms with Gasteiger partial charge in [0.05, 0.1) is 19.6 Å². The van der Waals surface area contributed by atoms with Gasteiger partial charge in [-0.3, -0.25) is 9.69 Å². The van der Waals surface area contributed by atoms with Gasteiger partial charge in [-0.05, 0) is 76.7 Å². The molecule has 0 spiro atoms. The molecule has 0 amide bonds. The predicted octanol–water partition coefficient (Wildman–Crippen LogP) is 7.18. The summed E-state index contributed by atoms with van der Waals surface area (Å²) < 4.78 is 17.1.